The maximum absolute atomic E-state index is 12.5. The van der Waals surface area contributed by atoms with E-state index in [2.05, 4.69) is 44.2 Å². The van der Waals surface area contributed by atoms with E-state index in [1.807, 2.05) is 24.3 Å². The Morgan fingerprint density at radius 1 is 0.696 bits per heavy atom. The predicted octanol–water partition coefficient (Wildman–Crippen LogP) is 6.96. The number of aliphatic carboxylic acids is 1. The zero-order valence-electron chi connectivity index (χ0n) is 29.5. The number of ether oxygens (including phenoxy) is 3. The predicted molar refractivity (Wildman–Crippen MR) is 185 cm³/mol. The Balaban J connectivity index is 4.67. The van der Waals surface area contributed by atoms with Crippen molar-refractivity contribution in [3.63, 3.8) is 0 Å². The summed E-state index contributed by atoms with van der Waals surface area (Å²) in [7, 11) is 5.34. The SMILES string of the molecule is CC/C=C/C/C=C/C/C=C/CC(=O)OCC(COCCC(C(=O)[O-])[N+](C)(C)C)OC(=O)CC/C=C/C/C=C/CCCCCCCC. The van der Waals surface area contributed by atoms with Gasteiger partial charge in [0.2, 0.25) is 0 Å². The zero-order valence-corrected chi connectivity index (χ0v) is 29.5. The van der Waals surface area contributed by atoms with Crippen LogP contribution in [-0.2, 0) is 28.6 Å². The fourth-order valence-corrected chi connectivity index (χ4v) is 4.48. The number of carbonyl (C=O) groups excluding carboxylic acids is 3. The smallest absolute Gasteiger partial charge is 0.309 e. The average Bonchev–Trinajstić information content (AvgIpc) is 3.00. The third-order valence-electron chi connectivity index (χ3n) is 7.18. The van der Waals surface area contributed by atoms with Crippen LogP contribution < -0.4 is 5.11 Å². The number of rotatable bonds is 29. The molecule has 46 heavy (non-hydrogen) atoms. The van der Waals surface area contributed by atoms with Gasteiger partial charge in [-0.3, -0.25) is 9.59 Å². The van der Waals surface area contributed by atoms with E-state index in [1.54, 1.807) is 27.2 Å². The maximum Gasteiger partial charge on any atom is 0.309 e. The summed E-state index contributed by atoms with van der Waals surface area (Å²) in [5.41, 5.74) is 0. The first-order chi connectivity index (χ1) is 22.1. The molecular formula is C38H63NO7. The second kappa shape index (κ2) is 29.4. The molecule has 8 heteroatoms. The molecule has 0 rings (SSSR count). The lowest BCUT2D eigenvalue weighted by Gasteiger charge is -2.34. The van der Waals surface area contributed by atoms with Crippen LogP contribution in [0.5, 0.6) is 0 Å². The molecule has 0 spiro atoms. The van der Waals surface area contributed by atoms with E-state index in [-0.39, 0.29) is 43.6 Å². The summed E-state index contributed by atoms with van der Waals surface area (Å²) in [6, 6.07) is -0.745. The van der Waals surface area contributed by atoms with Crippen molar-refractivity contribution in [2.75, 3.05) is 41.0 Å². The van der Waals surface area contributed by atoms with Gasteiger partial charge in [-0.2, -0.15) is 0 Å². The molecule has 0 amide bonds. The number of esters is 2. The molecule has 0 fully saturated rings. The molecule has 0 aliphatic carbocycles. The van der Waals surface area contributed by atoms with E-state index in [4.69, 9.17) is 14.2 Å². The first-order valence-electron chi connectivity index (χ1n) is 17.3. The van der Waals surface area contributed by atoms with Gasteiger partial charge < -0.3 is 28.6 Å². The molecule has 262 valence electrons. The largest absolute Gasteiger partial charge is 0.544 e. The molecule has 0 radical (unpaired) electrons. The second-order valence-corrected chi connectivity index (χ2v) is 12.4. The molecule has 0 aromatic heterocycles. The van der Waals surface area contributed by atoms with Gasteiger partial charge in [0, 0.05) is 12.8 Å². The number of quaternary nitrogens is 1. The number of hydrogen-bond acceptors (Lipinski definition) is 7. The summed E-state index contributed by atoms with van der Waals surface area (Å²) in [5, 5.41) is 11.5. The van der Waals surface area contributed by atoms with Gasteiger partial charge >= 0.3 is 11.9 Å². The number of allylic oxidation sites excluding steroid dienone is 9. The lowest BCUT2D eigenvalue weighted by molar-refractivity contribution is -0.889. The van der Waals surface area contributed by atoms with Crippen LogP contribution in [0.15, 0.2) is 60.8 Å². The van der Waals surface area contributed by atoms with Crippen LogP contribution >= 0.6 is 0 Å². The number of carboxylic acid groups (broad SMARTS) is 1. The second-order valence-electron chi connectivity index (χ2n) is 12.4. The van der Waals surface area contributed by atoms with Crippen molar-refractivity contribution < 1.29 is 38.2 Å². The number of hydrogen-bond donors (Lipinski definition) is 0. The highest BCUT2D eigenvalue weighted by molar-refractivity contribution is 5.71. The van der Waals surface area contributed by atoms with Gasteiger partial charge in [-0.05, 0) is 44.9 Å². The van der Waals surface area contributed by atoms with E-state index in [0.717, 1.165) is 32.1 Å². The average molecular weight is 646 g/mol. The molecule has 2 unspecified atom stereocenters. The summed E-state index contributed by atoms with van der Waals surface area (Å²) in [4.78, 5) is 36.4. The Morgan fingerprint density at radius 3 is 1.91 bits per heavy atom. The zero-order chi connectivity index (χ0) is 34.3. The Morgan fingerprint density at radius 2 is 1.28 bits per heavy atom. The van der Waals surface area contributed by atoms with Crippen molar-refractivity contribution in [1.82, 2.24) is 0 Å². The topological polar surface area (TPSA) is 102 Å². The normalized spacial score (nSPS) is 13.8. The quantitative estimate of drug-likeness (QED) is 0.0375. The Labute approximate surface area is 279 Å². The molecule has 8 nitrogen and oxygen atoms in total. The summed E-state index contributed by atoms with van der Waals surface area (Å²) in [6.07, 6.45) is 33.1. The van der Waals surface area contributed by atoms with Crippen LogP contribution in [0.4, 0.5) is 0 Å². The van der Waals surface area contributed by atoms with Crippen LogP contribution in [0.25, 0.3) is 0 Å². The molecular weight excluding hydrogens is 582 g/mol. The minimum absolute atomic E-state index is 0.0116. The van der Waals surface area contributed by atoms with E-state index < -0.39 is 30.1 Å². The van der Waals surface area contributed by atoms with Crippen LogP contribution in [0, 0.1) is 0 Å². The number of carboxylic acids is 1. The number of nitrogens with zero attached hydrogens (tertiary/aromatic N) is 1. The first-order valence-corrected chi connectivity index (χ1v) is 17.3. The highest BCUT2D eigenvalue weighted by Gasteiger charge is 2.25. The Hall–Kier alpha value is -2.97. The summed E-state index contributed by atoms with van der Waals surface area (Å²) < 4.78 is 16.8. The van der Waals surface area contributed by atoms with E-state index in [9.17, 15) is 19.5 Å². The van der Waals surface area contributed by atoms with Gasteiger partial charge in [-0.15, -0.1) is 0 Å². The van der Waals surface area contributed by atoms with Crippen LogP contribution in [0.1, 0.15) is 110 Å². The molecule has 0 saturated heterocycles. The fraction of sp³-hybridized carbons (Fsp3) is 0.658. The molecule has 0 aliphatic rings. The van der Waals surface area contributed by atoms with Crippen molar-refractivity contribution in [3.8, 4) is 0 Å². The molecule has 0 saturated carbocycles. The highest BCUT2D eigenvalue weighted by Crippen LogP contribution is 2.10. The van der Waals surface area contributed by atoms with Crippen molar-refractivity contribution in [3.05, 3.63) is 60.8 Å². The number of unbranched alkanes of at least 4 members (excludes halogenated alkanes) is 6. The highest BCUT2D eigenvalue weighted by atomic mass is 16.6. The van der Waals surface area contributed by atoms with Gasteiger partial charge in [0.25, 0.3) is 0 Å². The van der Waals surface area contributed by atoms with Crippen LogP contribution in [0.2, 0.25) is 0 Å². The minimum Gasteiger partial charge on any atom is -0.544 e. The third kappa shape index (κ3) is 27.3. The fourth-order valence-electron chi connectivity index (χ4n) is 4.48. The Kier molecular flexibility index (Phi) is 27.5. The van der Waals surface area contributed by atoms with E-state index in [0.29, 0.717) is 6.42 Å². The van der Waals surface area contributed by atoms with Gasteiger partial charge in [-0.1, -0.05) is 107 Å². The minimum atomic E-state index is -1.15. The maximum atomic E-state index is 12.5. The first kappa shape index (κ1) is 43.0. The molecule has 0 N–H and O–H groups in total. The van der Waals surface area contributed by atoms with Crippen molar-refractivity contribution in [2.45, 2.75) is 122 Å². The van der Waals surface area contributed by atoms with E-state index >= 15 is 0 Å². The van der Waals surface area contributed by atoms with Gasteiger partial charge in [0.05, 0.1) is 46.7 Å². The van der Waals surface area contributed by atoms with Gasteiger partial charge in [0.1, 0.15) is 12.6 Å². The van der Waals surface area contributed by atoms with E-state index in [1.165, 1.54) is 38.5 Å². The van der Waals surface area contributed by atoms with Crippen molar-refractivity contribution in [1.29, 1.82) is 0 Å². The van der Waals surface area contributed by atoms with Crippen LogP contribution in [-0.4, -0.2) is 75.5 Å². The van der Waals surface area contributed by atoms with Crippen molar-refractivity contribution in [2.24, 2.45) is 0 Å². The van der Waals surface area contributed by atoms with Crippen LogP contribution in [0.3, 0.4) is 0 Å². The third-order valence-corrected chi connectivity index (χ3v) is 7.18. The lowest BCUT2D eigenvalue weighted by atomic mass is 10.1. The molecule has 2 atom stereocenters. The monoisotopic (exact) mass is 645 g/mol. The molecule has 0 bridgehead atoms. The molecule has 0 aliphatic heterocycles. The molecule has 0 aromatic carbocycles. The lowest BCUT2D eigenvalue weighted by Crippen LogP contribution is -2.55. The summed E-state index contributed by atoms with van der Waals surface area (Å²) in [6.45, 7) is 4.31. The van der Waals surface area contributed by atoms with Gasteiger partial charge in [-0.25, -0.2) is 0 Å². The van der Waals surface area contributed by atoms with Gasteiger partial charge in [0.15, 0.2) is 6.10 Å². The molecule has 0 aromatic rings. The number of carbonyl (C=O) groups is 3. The number of likely N-dealkylation sites (N-methyl/N-ethyl adjacent to an activating group) is 1. The molecule has 0 heterocycles. The summed E-state index contributed by atoms with van der Waals surface area (Å²) >= 11 is 0. The van der Waals surface area contributed by atoms with Crippen molar-refractivity contribution >= 4 is 17.9 Å². The summed E-state index contributed by atoms with van der Waals surface area (Å²) in [5.74, 6) is -1.99. The Bertz CT molecular complexity index is 943. The standard InChI is InChI=1S/C38H63NO7/c1-6-8-10-12-14-16-17-18-19-21-23-25-27-29-37(41)46-34(32-44-31-30-35(38(42)43)39(3,4)5)33-45-36(40)28-26-24-22-20-15-13-11-9-7-2/h9,11,15,18-20,23-26,34-35H,6-8,10,12-14,16-17,21-22,27-33H2,1-5H3/b11-9+,19-18+,20-15+,25-23+,26-24+.